The third-order valence-corrected chi connectivity index (χ3v) is 2.48. The van der Waals surface area contributed by atoms with Crippen LogP contribution in [0.15, 0.2) is 17.5 Å². The van der Waals surface area contributed by atoms with Crippen molar-refractivity contribution in [2.24, 2.45) is 0 Å². The van der Waals surface area contributed by atoms with Crippen LogP contribution in [0.3, 0.4) is 0 Å². The lowest BCUT2D eigenvalue weighted by Crippen LogP contribution is -2.43. The lowest BCUT2D eigenvalue weighted by Gasteiger charge is -2.22. The van der Waals surface area contributed by atoms with Crippen LogP contribution in [0.2, 0.25) is 0 Å². The summed E-state index contributed by atoms with van der Waals surface area (Å²) in [5.41, 5.74) is -0.310. The molecule has 0 spiro atoms. The topological polar surface area (TPSA) is 49.3 Å². The van der Waals surface area contributed by atoms with Crippen molar-refractivity contribution in [3.63, 3.8) is 0 Å². The smallest absolute Gasteiger partial charge is 0.254 e. The summed E-state index contributed by atoms with van der Waals surface area (Å²) in [7, 11) is 0. The highest BCUT2D eigenvalue weighted by molar-refractivity contribution is 7.10. The van der Waals surface area contributed by atoms with Crippen molar-refractivity contribution in [2.75, 3.05) is 0 Å². The Bertz CT molecular complexity index is 300. The molecule has 0 saturated carbocycles. The van der Waals surface area contributed by atoms with Crippen molar-refractivity contribution in [1.82, 2.24) is 5.32 Å². The molecule has 3 nitrogen and oxygen atoms in total. The molecule has 1 amide bonds. The molecule has 0 saturated heterocycles. The summed E-state index contributed by atoms with van der Waals surface area (Å²) in [5.74, 6) is -0.347. The normalized spacial score (nSPS) is 13.7. The molecule has 1 aromatic rings. The second kappa shape index (κ2) is 4.11. The Labute approximate surface area is 87.8 Å². The molecule has 1 unspecified atom stereocenters. The molecule has 1 atom stereocenters. The van der Waals surface area contributed by atoms with Crippen molar-refractivity contribution < 1.29 is 9.90 Å². The summed E-state index contributed by atoms with van der Waals surface area (Å²) in [6.07, 6.45) is -1.05. The first-order valence-electron chi connectivity index (χ1n) is 4.43. The predicted octanol–water partition coefficient (Wildman–Crippen LogP) is 1.70. The van der Waals surface area contributed by atoms with Gasteiger partial charge in [0.15, 0.2) is 6.10 Å². The number of hydrogen-bond donors (Lipinski definition) is 2. The van der Waals surface area contributed by atoms with E-state index in [0.29, 0.717) is 4.88 Å². The molecular weight excluding hydrogens is 198 g/mol. The third-order valence-electron chi connectivity index (χ3n) is 1.56. The van der Waals surface area contributed by atoms with Gasteiger partial charge >= 0.3 is 0 Å². The standard InChI is InChI=1S/C10H15NO2S/c1-10(2,3)11-9(13)8(12)7-5-4-6-14-7/h4-6,8,12H,1-3H3,(H,11,13). The predicted molar refractivity (Wildman–Crippen MR) is 57.2 cm³/mol. The maximum Gasteiger partial charge on any atom is 0.254 e. The monoisotopic (exact) mass is 213 g/mol. The Hall–Kier alpha value is -0.870. The highest BCUT2D eigenvalue weighted by atomic mass is 32.1. The Morgan fingerprint density at radius 2 is 2.21 bits per heavy atom. The lowest BCUT2D eigenvalue weighted by molar-refractivity contribution is -0.130. The van der Waals surface area contributed by atoms with Crippen LogP contribution >= 0.6 is 11.3 Å². The molecule has 78 valence electrons. The molecule has 14 heavy (non-hydrogen) atoms. The minimum absolute atomic E-state index is 0.310. The fraction of sp³-hybridized carbons (Fsp3) is 0.500. The molecule has 1 rings (SSSR count). The number of amides is 1. The average Bonchev–Trinajstić information content (AvgIpc) is 2.51. The van der Waals surface area contributed by atoms with E-state index in [4.69, 9.17) is 0 Å². The number of aliphatic hydroxyl groups is 1. The van der Waals surface area contributed by atoms with E-state index in [0.717, 1.165) is 0 Å². The first-order valence-corrected chi connectivity index (χ1v) is 5.31. The maximum atomic E-state index is 11.5. The molecule has 0 fully saturated rings. The van der Waals surface area contributed by atoms with Crippen LogP contribution in [-0.2, 0) is 4.79 Å². The molecule has 2 N–H and O–H groups in total. The zero-order valence-electron chi connectivity index (χ0n) is 8.57. The Kier molecular flexibility index (Phi) is 3.29. The summed E-state index contributed by atoms with van der Waals surface area (Å²) in [6.45, 7) is 5.64. The van der Waals surface area contributed by atoms with E-state index in [1.54, 1.807) is 6.07 Å². The van der Waals surface area contributed by atoms with Crippen molar-refractivity contribution in [1.29, 1.82) is 0 Å². The molecule has 0 aliphatic rings. The van der Waals surface area contributed by atoms with Gasteiger partial charge in [0.1, 0.15) is 0 Å². The lowest BCUT2D eigenvalue weighted by atomic mass is 10.1. The number of thiophene rings is 1. The van der Waals surface area contributed by atoms with Gasteiger partial charge in [-0.25, -0.2) is 0 Å². The van der Waals surface area contributed by atoms with E-state index in [1.807, 2.05) is 32.2 Å². The van der Waals surface area contributed by atoms with E-state index >= 15 is 0 Å². The van der Waals surface area contributed by atoms with Gasteiger partial charge in [0, 0.05) is 10.4 Å². The molecule has 0 radical (unpaired) electrons. The molecule has 0 bridgehead atoms. The molecular formula is C10H15NO2S. The highest BCUT2D eigenvalue weighted by Crippen LogP contribution is 2.19. The average molecular weight is 213 g/mol. The van der Waals surface area contributed by atoms with Gasteiger partial charge in [-0.15, -0.1) is 11.3 Å². The minimum atomic E-state index is -1.05. The minimum Gasteiger partial charge on any atom is -0.378 e. The summed E-state index contributed by atoms with van der Waals surface area (Å²) in [4.78, 5) is 12.2. The number of carbonyl (C=O) groups is 1. The molecule has 4 heteroatoms. The second-order valence-corrected chi connectivity index (χ2v) is 5.14. The van der Waals surface area contributed by atoms with Crippen LogP contribution in [-0.4, -0.2) is 16.6 Å². The summed E-state index contributed by atoms with van der Waals surface area (Å²) in [5, 5.41) is 14.2. The van der Waals surface area contributed by atoms with Crippen LogP contribution < -0.4 is 5.32 Å². The van der Waals surface area contributed by atoms with Crippen molar-refractivity contribution >= 4 is 17.2 Å². The van der Waals surface area contributed by atoms with Gasteiger partial charge in [-0.2, -0.15) is 0 Å². The number of hydrogen-bond acceptors (Lipinski definition) is 3. The fourth-order valence-corrected chi connectivity index (χ4v) is 1.72. The molecule has 1 heterocycles. The Balaban J connectivity index is 2.63. The highest BCUT2D eigenvalue weighted by Gasteiger charge is 2.22. The van der Waals surface area contributed by atoms with Crippen LogP contribution in [0.5, 0.6) is 0 Å². The van der Waals surface area contributed by atoms with Crippen LogP contribution in [0.1, 0.15) is 31.8 Å². The first-order chi connectivity index (χ1) is 6.40. The van der Waals surface area contributed by atoms with Crippen molar-refractivity contribution in [2.45, 2.75) is 32.4 Å². The van der Waals surface area contributed by atoms with E-state index in [9.17, 15) is 9.90 Å². The largest absolute Gasteiger partial charge is 0.378 e. The molecule has 0 aliphatic heterocycles. The molecule has 1 aromatic heterocycles. The van der Waals surface area contributed by atoms with Gasteiger partial charge in [0.2, 0.25) is 0 Å². The van der Waals surface area contributed by atoms with Crippen LogP contribution in [0, 0.1) is 0 Å². The van der Waals surface area contributed by atoms with Gasteiger partial charge in [-0.3, -0.25) is 4.79 Å². The fourth-order valence-electron chi connectivity index (χ4n) is 1.01. The number of carbonyl (C=O) groups excluding carboxylic acids is 1. The van der Waals surface area contributed by atoms with Gasteiger partial charge < -0.3 is 10.4 Å². The zero-order chi connectivity index (χ0) is 10.8. The number of rotatable bonds is 2. The summed E-state index contributed by atoms with van der Waals surface area (Å²) in [6, 6.07) is 3.56. The Morgan fingerprint density at radius 1 is 1.57 bits per heavy atom. The van der Waals surface area contributed by atoms with Gasteiger partial charge in [-0.1, -0.05) is 6.07 Å². The van der Waals surface area contributed by atoms with Crippen molar-refractivity contribution in [3.05, 3.63) is 22.4 Å². The molecule has 0 aromatic carbocycles. The second-order valence-electron chi connectivity index (χ2n) is 4.16. The van der Waals surface area contributed by atoms with Gasteiger partial charge in [0.05, 0.1) is 0 Å². The van der Waals surface area contributed by atoms with Crippen LogP contribution in [0.4, 0.5) is 0 Å². The first kappa shape index (κ1) is 11.2. The summed E-state index contributed by atoms with van der Waals surface area (Å²) >= 11 is 1.37. The van der Waals surface area contributed by atoms with Crippen LogP contribution in [0.25, 0.3) is 0 Å². The Morgan fingerprint density at radius 3 is 2.64 bits per heavy atom. The quantitative estimate of drug-likeness (QED) is 0.785. The van der Waals surface area contributed by atoms with Gasteiger partial charge in [-0.05, 0) is 32.2 Å². The van der Waals surface area contributed by atoms with E-state index in [2.05, 4.69) is 5.32 Å². The van der Waals surface area contributed by atoms with E-state index in [-0.39, 0.29) is 11.4 Å². The van der Waals surface area contributed by atoms with Gasteiger partial charge in [0.25, 0.3) is 5.91 Å². The maximum absolute atomic E-state index is 11.5. The van der Waals surface area contributed by atoms with Crippen molar-refractivity contribution in [3.8, 4) is 0 Å². The molecule has 0 aliphatic carbocycles. The third kappa shape index (κ3) is 3.12. The SMILES string of the molecule is CC(C)(C)NC(=O)C(O)c1cccs1. The zero-order valence-corrected chi connectivity index (χ0v) is 9.39. The summed E-state index contributed by atoms with van der Waals surface area (Å²) < 4.78 is 0. The number of nitrogens with one attached hydrogen (secondary N) is 1. The number of aliphatic hydroxyl groups excluding tert-OH is 1. The van der Waals surface area contributed by atoms with E-state index < -0.39 is 6.10 Å². The van der Waals surface area contributed by atoms with E-state index in [1.165, 1.54) is 11.3 Å².